The zero-order valence-electron chi connectivity index (χ0n) is 13.6. The number of esters is 1. The molecule has 0 aromatic heterocycles. The molecule has 2 nitrogen and oxygen atoms in total. The lowest BCUT2D eigenvalue weighted by atomic mass is 9.47. The molecule has 0 amide bonds. The fraction of sp³-hybridized carbons (Fsp3) is 0.833. The van der Waals surface area contributed by atoms with Gasteiger partial charge in [0.05, 0.1) is 6.61 Å². The predicted octanol–water partition coefficient (Wildman–Crippen LogP) is 4.74. The Hall–Kier alpha value is -0.790. The van der Waals surface area contributed by atoms with Gasteiger partial charge in [0.1, 0.15) is 0 Å². The lowest BCUT2D eigenvalue weighted by Crippen LogP contribution is -2.49. The van der Waals surface area contributed by atoms with Crippen molar-refractivity contribution in [2.45, 2.75) is 66.2 Å². The molecule has 0 heterocycles. The molecule has 3 atom stereocenters. The first-order valence-corrected chi connectivity index (χ1v) is 8.08. The first-order chi connectivity index (χ1) is 9.27. The summed E-state index contributed by atoms with van der Waals surface area (Å²) in [6, 6.07) is 0. The van der Waals surface area contributed by atoms with E-state index >= 15 is 0 Å². The van der Waals surface area contributed by atoms with Gasteiger partial charge in [-0.2, -0.15) is 0 Å². The maximum atomic E-state index is 11.0. The fourth-order valence-corrected chi connectivity index (χ4v) is 5.13. The van der Waals surface area contributed by atoms with Gasteiger partial charge in [0.25, 0.3) is 0 Å². The molecule has 0 saturated heterocycles. The maximum Gasteiger partial charge on any atom is 0.302 e. The van der Waals surface area contributed by atoms with E-state index in [1.54, 1.807) is 0 Å². The molecule has 0 N–H and O–H groups in total. The van der Waals surface area contributed by atoms with Gasteiger partial charge in [-0.25, -0.2) is 0 Å². The third-order valence-corrected chi connectivity index (χ3v) is 6.03. The van der Waals surface area contributed by atoms with Crippen molar-refractivity contribution in [3.63, 3.8) is 0 Å². The van der Waals surface area contributed by atoms with Crippen molar-refractivity contribution < 1.29 is 9.53 Å². The normalized spacial score (nSPS) is 36.3. The van der Waals surface area contributed by atoms with Crippen molar-refractivity contribution in [2.75, 3.05) is 6.61 Å². The second-order valence-electron chi connectivity index (χ2n) is 7.78. The van der Waals surface area contributed by atoms with Crippen LogP contribution in [0.4, 0.5) is 0 Å². The SMILES string of the molecule is C=C1CC[C@H]2C(C)(C)CCC[C@]2(C)[C@H]1CCOC(C)=O. The summed E-state index contributed by atoms with van der Waals surface area (Å²) in [4.78, 5) is 11.0. The Morgan fingerprint density at radius 1 is 1.35 bits per heavy atom. The Labute approximate surface area is 124 Å². The minimum atomic E-state index is -0.169. The summed E-state index contributed by atoms with van der Waals surface area (Å²) < 4.78 is 5.19. The van der Waals surface area contributed by atoms with Crippen molar-refractivity contribution in [1.82, 2.24) is 0 Å². The molecule has 114 valence electrons. The van der Waals surface area contributed by atoms with Gasteiger partial charge in [0.15, 0.2) is 0 Å². The maximum absolute atomic E-state index is 11.0. The average Bonchev–Trinajstić information content (AvgIpc) is 2.31. The van der Waals surface area contributed by atoms with E-state index in [2.05, 4.69) is 27.4 Å². The highest BCUT2D eigenvalue weighted by Gasteiger charge is 2.52. The van der Waals surface area contributed by atoms with E-state index in [1.807, 2.05) is 0 Å². The summed E-state index contributed by atoms with van der Waals surface area (Å²) in [5.74, 6) is 1.12. The van der Waals surface area contributed by atoms with E-state index in [0.717, 1.165) is 18.8 Å². The lowest BCUT2D eigenvalue weighted by molar-refractivity contribution is -0.142. The Morgan fingerprint density at radius 2 is 2.05 bits per heavy atom. The van der Waals surface area contributed by atoms with E-state index in [-0.39, 0.29) is 5.97 Å². The zero-order valence-corrected chi connectivity index (χ0v) is 13.6. The molecule has 0 unspecified atom stereocenters. The van der Waals surface area contributed by atoms with Crippen molar-refractivity contribution in [3.8, 4) is 0 Å². The minimum absolute atomic E-state index is 0.169. The van der Waals surface area contributed by atoms with Gasteiger partial charge < -0.3 is 4.74 Å². The van der Waals surface area contributed by atoms with Crippen molar-refractivity contribution in [3.05, 3.63) is 12.2 Å². The molecule has 2 heteroatoms. The molecule has 0 aromatic carbocycles. The van der Waals surface area contributed by atoms with Gasteiger partial charge in [-0.3, -0.25) is 4.79 Å². The van der Waals surface area contributed by atoms with Crippen LogP contribution in [0, 0.1) is 22.7 Å². The summed E-state index contributed by atoms with van der Waals surface area (Å²) >= 11 is 0. The Morgan fingerprint density at radius 3 is 2.70 bits per heavy atom. The van der Waals surface area contributed by atoms with Gasteiger partial charge >= 0.3 is 5.97 Å². The number of hydrogen-bond donors (Lipinski definition) is 0. The minimum Gasteiger partial charge on any atom is -0.466 e. The van der Waals surface area contributed by atoms with Gasteiger partial charge in [0.2, 0.25) is 0 Å². The molecule has 2 fully saturated rings. The number of hydrogen-bond acceptors (Lipinski definition) is 2. The van der Waals surface area contributed by atoms with E-state index in [4.69, 9.17) is 4.74 Å². The van der Waals surface area contributed by atoms with Crippen molar-refractivity contribution in [1.29, 1.82) is 0 Å². The summed E-state index contributed by atoms with van der Waals surface area (Å²) in [6.45, 7) is 13.7. The second kappa shape index (κ2) is 5.54. The lowest BCUT2D eigenvalue weighted by Gasteiger charge is -2.58. The molecular formula is C18H30O2. The third-order valence-electron chi connectivity index (χ3n) is 6.03. The number of allylic oxidation sites excluding steroid dienone is 1. The van der Waals surface area contributed by atoms with Crippen LogP contribution in [0.2, 0.25) is 0 Å². The smallest absolute Gasteiger partial charge is 0.302 e. The largest absolute Gasteiger partial charge is 0.466 e. The standard InChI is InChI=1S/C18H30O2/c1-13-7-8-16-17(3,4)10-6-11-18(16,5)15(13)9-12-20-14(2)19/h15-16H,1,6-12H2,2-5H3/t15-,16-,18+/m0/s1. The molecule has 0 spiro atoms. The number of rotatable bonds is 3. The monoisotopic (exact) mass is 278 g/mol. The summed E-state index contributed by atoms with van der Waals surface area (Å²) in [5.41, 5.74) is 2.17. The van der Waals surface area contributed by atoms with Crippen LogP contribution >= 0.6 is 0 Å². The molecule has 2 saturated carbocycles. The van der Waals surface area contributed by atoms with Crippen molar-refractivity contribution >= 4 is 5.97 Å². The predicted molar refractivity (Wildman–Crippen MR) is 82.3 cm³/mol. The van der Waals surface area contributed by atoms with Crippen LogP contribution in [0.1, 0.15) is 66.2 Å². The molecule has 20 heavy (non-hydrogen) atoms. The molecular weight excluding hydrogens is 248 g/mol. The first-order valence-electron chi connectivity index (χ1n) is 8.08. The molecule has 0 radical (unpaired) electrons. The molecule has 0 aromatic rings. The van der Waals surface area contributed by atoms with Gasteiger partial charge in [-0.15, -0.1) is 0 Å². The van der Waals surface area contributed by atoms with E-state index < -0.39 is 0 Å². The third kappa shape index (κ3) is 2.80. The quantitative estimate of drug-likeness (QED) is 0.550. The van der Waals surface area contributed by atoms with E-state index in [0.29, 0.717) is 23.4 Å². The molecule has 2 aliphatic carbocycles. The topological polar surface area (TPSA) is 26.3 Å². The van der Waals surface area contributed by atoms with Crippen molar-refractivity contribution in [2.24, 2.45) is 22.7 Å². The van der Waals surface area contributed by atoms with Crippen LogP contribution < -0.4 is 0 Å². The number of ether oxygens (including phenoxy) is 1. The van der Waals surface area contributed by atoms with Crippen LogP contribution in [0.15, 0.2) is 12.2 Å². The summed E-state index contributed by atoms with van der Waals surface area (Å²) in [6.07, 6.45) is 7.33. The zero-order chi connectivity index (χ0) is 15.0. The van der Waals surface area contributed by atoms with Crippen LogP contribution in [0.5, 0.6) is 0 Å². The van der Waals surface area contributed by atoms with Crippen LogP contribution in [-0.2, 0) is 9.53 Å². The molecule has 2 aliphatic rings. The highest BCUT2D eigenvalue weighted by molar-refractivity contribution is 5.65. The van der Waals surface area contributed by atoms with Crippen LogP contribution in [0.25, 0.3) is 0 Å². The first kappa shape index (κ1) is 15.6. The van der Waals surface area contributed by atoms with E-state index in [1.165, 1.54) is 38.2 Å². The van der Waals surface area contributed by atoms with E-state index in [9.17, 15) is 4.79 Å². The number of fused-ring (bicyclic) bond motifs is 1. The van der Waals surface area contributed by atoms with Gasteiger partial charge in [-0.1, -0.05) is 39.3 Å². The highest BCUT2D eigenvalue weighted by atomic mass is 16.5. The van der Waals surface area contributed by atoms with Gasteiger partial charge in [-0.05, 0) is 54.8 Å². The fourth-order valence-electron chi connectivity index (χ4n) is 5.13. The molecule has 0 bridgehead atoms. The molecule has 0 aliphatic heterocycles. The highest BCUT2D eigenvalue weighted by Crippen LogP contribution is 2.61. The average molecular weight is 278 g/mol. The summed E-state index contributed by atoms with van der Waals surface area (Å²) in [5, 5.41) is 0. The Kier molecular flexibility index (Phi) is 4.32. The van der Waals surface area contributed by atoms with Crippen LogP contribution in [-0.4, -0.2) is 12.6 Å². The Balaban J connectivity index is 2.15. The van der Waals surface area contributed by atoms with Crippen LogP contribution in [0.3, 0.4) is 0 Å². The second-order valence-corrected chi connectivity index (χ2v) is 7.78. The summed E-state index contributed by atoms with van der Waals surface area (Å²) in [7, 11) is 0. The number of carbonyl (C=O) groups is 1. The number of carbonyl (C=O) groups excluding carboxylic acids is 1. The Bertz CT molecular complexity index is 396. The van der Waals surface area contributed by atoms with Gasteiger partial charge in [0, 0.05) is 6.92 Å². The molecule has 2 rings (SSSR count).